The Morgan fingerprint density at radius 3 is 2.87 bits per heavy atom. The van der Waals surface area contributed by atoms with Crippen LogP contribution in [-0.2, 0) is 0 Å². The highest BCUT2D eigenvalue weighted by Gasteiger charge is 1.99. The molecule has 0 aromatic heterocycles. The van der Waals surface area contributed by atoms with E-state index in [2.05, 4.69) is 23.6 Å². The van der Waals surface area contributed by atoms with E-state index >= 15 is 0 Å². The molecule has 0 unspecified atom stereocenters. The molecule has 0 bridgehead atoms. The van der Waals surface area contributed by atoms with E-state index in [1.165, 1.54) is 5.56 Å². The van der Waals surface area contributed by atoms with Crippen LogP contribution in [0.15, 0.2) is 18.2 Å². The third kappa shape index (κ3) is 4.16. The second kappa shape index (κ2) is 5.56. The van der Waals surface area contributed by atoms with E-state index in [1.807, 2.05) is 26.0 Å². The first kappa shape index (κ1) is 11.8. The number of thiocarbonyl (C=S) groups is 1. The Kier molecular flexibility index (Phi) is 4.37. The van der Waals surface area contributed by atoms with E-state index in [0.717, 1.165) is 11.3 Å². The van der Waals surface area contributed by atoms with Crippen LogP contribution in [0.1, 0.15) is 11.1 Å². The number of nitrogens with two attached hydrogens (primary N) is 1. The van der Waals surface area contributed by atoms with Crippen LogP contribution in [0, 0.1) is 13.8 Å². The predicted octanol–water partition coefficient (Wildman–Crippen LogP) is 1.52. The molecule has 3 nitrogen and oxygen atoms in total. The number of ether oxygens (including phenoxy) is 1. The number of rotatable bonds is 4. The zero-order valence-corrected chi connectivity index (χ0v) is 9.86. The van der Waals surface area contributed by atoms with Gasteiger partial charge in [0.25, 0.3) is 0 Å². The lowest BCUT2D eigenvalue weighted by molar-refractivity contribution is 0.320. The average molecular weight is 224 g/mol. The Labute approximate surface area is 95.6 Å². The summed E-state index contributed by atoms with van der Waals surface area (Å²) in [5, 5.41) is 3.14. The fraction of sp³-hybridized carbons (Fsp3) is 0.364. The third-order valence-electron chi connectivity index (χ3n) is 2.00. The van der Waals surface area contributed by atoms with Crippen molar-refractivity contribution in [3.05, 3.63) is 29.3 Å². The molecular weight excluding hydrogens is 208 g/mol. The van der Waals surface area contributed by atoms with Crippen LogP contribution < -0.4 is 15.8 Å². The molecule has 0 fully saturated rings. The Morgan fingerprint density at radius 2 is 2.20 bits per heavy atom. The van der Waals surface area contributed by atoms with Gasteiger partial charge in [0.15, 0.2) is 5.11 Å². The van der Waals surface area contributed by atoms with Crippen LogP contribution >= 0.6 is 12.2 Å². The van der Waals surface area contributed by atoms with Gasteiger partial charge in [0.1, 0.15) is 12.4 Å². The van der Waals surface area contributed by atoms with Crippen molar-refractivity contribution in [1.29, 1.82) is 0 Å². The van der Waals surface area contributed by atoms with Crippen molar-refractivity contribution in [2.75, 3.05) is 13.2 Å². The second-order valence-electron chi connectivity index (χ2n) is 3.41. The molecule has 3 N–H and O–H groups in total. The van der Waals surface area contributed by atoms with E-state index in [0.29, 0.717) is 18.3 Å². The number of nitrogens with one attached hydrogen (secondary N) is 1. The van der Waals surface area contributed by atoms with Gasteiger partial charge in [-0.2, -0.15) is 0 Å². The molecule has 0 radical (unpaired) electrons. The van der Waals surface area contributed by atoms with Gasteiger partial charge in [-0.3, -0.25) is 0 Å². The fourth-order valence-corrected chi connectivity index (χ4v) is 1.30. The van der Waals surface area contributed by atoms with Gasteiger partial charge in [0.2, 0.25) is 0 Å². The predicted molar refractivity (Wildman–Crippen MR) is 66.2 cm³/mol. The van der Waals surface area contributed by atoms with Gasteiger partial charge in [0.05, 0.1) is 6.54 Å². The minimum absolute atomic E-state index is 0.305. The van der Waals surface area contributed by atoms with Crippen molar-refractivity contribution in [3.8, 4) is 5.75 Å². The maximum atomic E-state index is 5.59. The lowest BCUT2D eigenvalue weighted by Gasteiger charge is -2.10. The highest BCUT2D eigenvalue weighted by atomic mass is 32.1. The summed E-state index contributed by atoms with van der Waals surface area (Å²) >= 11 is 4.68. The van der Waals surface area contributed by atoms with Crippen LogP contribution in [0.3, 0.4) is 0 Å². The quantitative estimate of drug-likeness (QED) is 0.601. The SMILES string of the molecule is Cc1ccc(C)c(OCCNC(N)=S)c1. The molecule has 0 spiro atoms. The van der Waals surface area contributed by atoms with Crippen LogP contribution in [0.25, 0.3) is 0 Å². The lowest BCUT2D eigenvalue weighted by atomic mass is 10.1. The molecule has 15 heavy (non-hydrogen) atoms. The standard InChI is InChI=1S/C11H16N2OS/c1-8-3-4-9(2)10(7-8)14-6-5-13-11(12)15/h3-4,7H,5-6H2,1-2H3,(H3,12,13,15). The average Bonchev–Trinajstić information content (AvgIpc) is 2.17. The van der Waals surface area contributed by atoms with Gasteiger partial charge >= 0.3 is 0 Å². The van der Waals surface area contributed by atoms with Gasteiger partial charge < -0.3 is 15.8 Å². The Bertz CT molecular complexity index is 352. The van der Waals surface area contributed by atoms with E-state index < -0.39 is 0 Å². The fourth-order valence-electron chi connectivity index (χ4n) is 1.20. The normalized spacial score (nSPS) is 9.73. The van der Waals surface area contributed by atoms with Crippen molar-refractivity contribution >= 4 is 17.3 Å². The maximum Gasteiger partial charge on any atom is 0.163 e. The summed E-state index contributed by atoms with van der Waals surface area (Å²) < 4.78 is 5.59. The summed E-state index contributed by atoms with van der Waals surface area (Å²) in [6.07, 6.45) is 0. The Hall–Kier alpha value is -1.29. The largest absolute Gasteiger partial charge is 0.491 e. The zero-order valence-electron chi connectivity index (χ0n) is 9.04. The van der Waals surface area contributed by atoms with E-state index in [9.17, 15) is 0 Å². The van der Waals surface area contributed by atoms with Crippen molar-refractivity contribution < 1.29 is 4.74 Å². The number of benzene rings is 1. The van der Waals surface area contributed by atoms with Crippen molar-refractivity contribution in [2.45, 2.75) is 13.8 Å². The zero-order chi connectivity index (χ0) is 11.3. The molecule has 0 atom stereocenters. The van der Waals surface area contributed by atoms with Gasteiger partial charge in [-0.05, 0) is 43.3 Å². The molecule has 1 rings (SSSR count). The number of aryl methyl sites for hydroxylation is 2. The van der Waals surface area contributed by atoms with Gasteiger partial charge in [-0.1, -0.05) is 12.1 Å². The minimum atomic E-state index is 0.305. The maximum absolute atomic E-state index is 5.59. The molecule has 0 aliphatic heterocycles. The van der Waals surface area contributed by atoms with Crippen molar-refractivity contribution in [3.63, 3.8) is 0 Å². The minimum Gasteiger partial charge on any atom is -0.491 e. The van der Waals surface area contributed by atoms with Crippen LogP contribution in [0.2, 0.25) is 0 Å². The monoisotopic (exact) mass is 224 g/mol. The second-order valence-corrected chi connectivity index (χ2v) is 3.85. The van der Waals surface area contributed by atoms with E-state index in [4.69, 9.17) is 10.5 Å². The third-order valence-corrected chi connectivity index (χ3v) is 2.15. The van der Waals surface area contributed by atoms with Gasteiger partial charge in [-0.25, -0.2) is 0 Å². The smallest absolute Gasteiger partial charge is 0.163 e. The summed E-state index contributed by atoms with van der Waals surface area (Å²) in [5.74, 6) is 0.916. The molecule has 0 aliphatic rings. The van der Waals surface area contributed by atoms with E-state index in [-0.39, 0.29) is 0 Å². The topological polar surface area (TPSA) is 47.3 Å². The highest BCUT2D eigenvalue weighted by Crippen LogP contribution is 2.18. The van der Waals surface area contributed by atoms with E-state index in [1.54, 1.807) is 0 Å². The number of hydrogen-bond donors (Lipinski definition) is 2. The summed E-state index contributed by atoms with van der Waals surface area (Å²) in [7, 11) is 0. The molecule has 0 saturated carbocycles. The lowest BCUT2D eigenvalue weighted by Crippen LogP contribution is -2.32. The Morgan fingerprint density at radius 1 is 1.47 bits per heavy atom. The number of hydrogen-bond acceptors (Lipinski definition) is 2. The summed E-state index contributed by atoms with van der Waals surface area (Å²) in [5.41, 5.74) is 7.62. The molecule has 0 heterocycles. The molecule has 82 valence electrons. The summed E-state index contributed by atoms with van der Waals surface area (Å²) in [4.78, 5) is 0. The molecule has 0 saturated heterocycles. The summed E-state index contributed by atoms with van der Waals surface area (Å²) in [6.45, 7) is 5.25. The van der Waals surface area contributed by atoms with Crippen molar-refractivity contribution in [1.82, 2.24) is 5.32 Å². The van der Waals surface area contributed by atoms with Crippen molar-refractivity contribution in [2.24, 2.45) is 5.73 Å². The highest BCUT2D eigenvalue weighted by molar-refractivity contribution is 7.80. The molecular formula is C11H16N2OS. The molecule has 1 aromatic carbocycles. The molecule has 0 aliphatic carbocycles. The van der Waals surface area contributed by atoms with Gasteiger partial charge in [0, 0.05) is 0 Å². The first-order valence-corrected chi connectivity index (χ1v) is 5.24. The van der Waals surface area contributed by atoms with Gasteiger partial charge in [-0.15, -0.1) is 0 Å². The first-order valence-electron chi connectivity index (χ1n) is 4.83. The van der Waals surface area contributed by atoms with Crippen LogP contribution in [0.5, 0.6) is 5.75 Å². The molecule has 4 heteroatoms. The van der Waals surface area contributed by atoms with Crippen LogP contribution in [-0.4, -0.2) is 18.3 Å². The first-order chi connectivity index (χ1) is 7.09. The Balaban J connectivity index is 2.43. The summed E-state index contributed by atoms with van der Waals surface area (Å²) in [6, 6.07) is 6.14. The molecule has 1 aromatic rings. The van der Waals surface area contributed by atoms with Crippen LogP contribution in [0.4, 0.5) is 0 Å². The molecule has 0 amide bonds.